The van der Waals surface area contributed by atoms with Gasteiger partial charge >= 0.3 is 0 Å². The summed E-state index contributed by atoms with van der Waals surface area (Å²) in [5.41, 5.74) is 5.39. The molecule has 0 radical (unpaired) electrons. The molecule has 0 aromatic carbocycles. The minimum absolute atomic E-state index is 0.662. The van der Waals surface area contributed by atoms with E-state index >= 15 is 0 Å². The first kappa shape index (κ1) is 7.34. The first-order chi connectivity index (χ1) is 3.72. The maximum absolute atomic E-state index is 5.39. The van der Waals surface area contributed by atoms with Gasteiger partial charge in [-0.1, -0.05) is 6.58 Å². The summed E-state index contributed by atoms with van der Waals surface area (Å²) < 4.78 is 0. The summed E-state index contributed by atoms with van der Waals surface area (Å²) in [5, 5.41) is 0. The van der Waals surface area contributed by atoms with Crippen molar-refractivity contribution in [3.8, 4) is 0 Å². The van der Waals surface area contributed by atoms with E-state index in [2.05, 4.69) is 20.4 Å². The molecule has 0 aromatic rings. The molecular weight excluding hydrogens is 100 g/mol. The van der Waals surface area contributed by atoms with Crippen LogP contribution in [0.4, 0.5) is 0 Å². The quantitative estimate of drug-likeness (QED) is 0.587. The van der Waals surface area contributed by atoms with Gasteiger partial charge in [0.2, 0.25) is 0 Å². The van der Waals surface area contributed by atoms with E-state index < -0.39 is 0 Å². The molecule has 0 spiro atoms. The molecule has 0 fully saturated rings. The first-order valence-electron chi connectivity index (χ1n) is 2.91. The van der Waals surface area contributed by atoms with Crippen LogP contribution in [0.5, 0.6) is 0 Å². The van der Waals surface area contributed by atoms with E-state index in [0.717, 1.165) is 13.1 Å². The summed E-state index contributed by atoms with van der Waals surface area (Å²) in [5.74, 6) is 0.662. The summed E-state index contributed by atoms with van der Waals surface area (Å²) in [7, 11) is 0. The van der Waals surface area contributed by atoms with E-state index in [1.807, 2.05) is 4.90 Å². The van der Waals surface area contributed by atoms with Gasteiger partial charge in [0.25, 0.3) is 0 Å². The second-order valence-corrected chi connectivity index (χ2v) is 1.66. The Morgan fingerprint density at radius 3 is 1.88 bits per heavy atom. The zero-order valence-electron chi connectivity index (χ0n) is 5.65. The van der Waals surface area contributed by atoms with Gasteiger partial charge in [-0.2, -0.15) is 0 Å². The maximum atomic E-state index is 5.39. The van der Waals surface area contributed by atoms with E-state index in [9.17, 15) is 0 Å². The van der Waals surface area contributed by atoms with Crippen LogP contribution < -0.4 is 5.73 Å². The van der Waals surface area contributed by atoms with Gasteiger partial charge in [0.05, 0.1) is 5.82 Å². The summed E-state index contributed by atoms with van der Waals surface area (Å²) in [6.07, 6.45) is 0. The van der Waals surface area contributed by atoms with Crippen molar-refractivity contribution in [1.29, 1.82) is 0 Å². The molecule has 2 nitrogen and oxygen atoms in total. The Morgan fingerprint density at radius 2 is 1.88 bits per heavy atom. The molecule has 0 aliphatic carbocycles. The Morgan fingerprint density at radius 1 is 1.50 bits per heavy atom. The molecule has 0 aliphatic heterocycles. The Balaban J connectivity index is 3.52. The lowest BCUT2D eigenvalue weighted by atomic mass is 10.5. The smallest absolute Gasteiger partial charge is 0.0912 e. The molecule has 0 rings (SSSR count). The van der Waals surface area contributed by atoms with E-state index in [-0.39, 0.29) is 0 Å². The number of nitrogens with two attached hydrogens (primary N) is 1. The van der Waals surface area contributed by atoms with Crippen molar-refractivity contribution in [2.45, 2.75) is 13.8 Å². The van der Waals surface area contributed by atoms with Crippen LogP contribution in [0.1, 0.15) is 13.8 Å². The average Bonchev–Trinajstić information content (AvgIpc) is 1.69. The molecule has 0 saturated heterocycles. The Hall–Kier alpha value is -0.660. The average molecular weight is 114 g/mol. The summed E-state index contributed by atoms with van der Waals surface area (Å²) in [6.45, 7) is 9.62. The molecule has 0 aliphatic rings. The number of nitrogens with zero attached hydrogens (tertiary/aromatic N) is 1. The molecule has 2 N–H and O–H groups in total. The van der Waals surface area contributed by atoms with Crippen molar-refractivity contribution in [3.05, 3.63) is 12.4 Å². The first-order valence-corrected chi connectivity index (χ1v) is 2.91. The largest absolute Gasteiger partial charge is 0.386 e. The number of hydrogen-bond donors (Lipinski definition) is 1. The minimum Gasteiger partial charge on any atom is -0.386 e. The second kappa shape index (κ2) is 3.36. The van der Waals surface area contributed by atoms with Gasteiger partial charge in [-0.15, -0.1) is 0 Å². The highest BCUT2D eigenvalue weighted by Crippen LogP contribution is 1.90. The second-order valence-electron chi connectivity index (χ2n) is 1.66. The van der Waals surface area contributed by atoms with Crippen LogP contribution in [0.25, 0.3) is 0 Å². The van der Waals surface area contributed by atoms with E-state index in [1.165, 1.54) is 0 Å². The van der Waals surface area contributed by atoms with Gasteiger partial charge in [-0.25, -0.2) is 0 Å². The van der Waals surface area contributed by atoms with Crippen molar-refractivity contribution in [3.63, 3.8) is 0 Å². The molecule has 0 atom stereocenters. The van der Waals surface area contributed by atoms with Crippen LogP contribution in [0.2, 0.25) is 0 Å². The van der Waals surface area contributed by atoms with Crippen molar-refractivity contribution < 1.29 is 0 Å². The molecule has 0 heterocycles. The van der Waals surface area contributed by atoms with Crippen LogP contribution in [-0.2, 0) is 0 Å². The predicted molar refractivity (Wildman–Crippen MR) is 36.2 cm³/mol. The normalized spacial score (nSPS) is 8.75. The molecule has 48 valence electrons. The summed E-state index contributed by atoms with van der Waals surface area (Å²) >= 11 is 0. The summed E-state index contributed by atoms with van der Waals surface area (Å²) in [4.78, 5) is 2.00. The lowest BCUT2D eigenvalue weighted by molar-refractivity contribution is 0.380. The molecular formula is C6H14N2. The van der Waals surface area contributed by atoms with Crippen molar-refractivity contribution >= 4 is 0 Å². The zero-order valence-corrected chi connectivity index (χ0v) is 5.65. The SMILES string of the molecule is C=C(N)N(CC)CC. The van der Waals surface area contributed by atoms with Gasteiger partial charge in [0, 0.05) is 13.1 Å². The molecule has 0 saturated carbocycles. The standard InChI is InChI=1S/C6H14N2/c1-4-8(5-2)6(3)7/h3-5,7H2,1-2H3. The van der Waals surface area contributed by atoms with Gasteiger partial charge in [0.15, 0.2) is 0 Å². The Kier molecular flexibility index (Phi) is 3.08. The number of rotatable bonds is 3. The van der Waals surface area contributed by atoms with E-state index in [0.29, 0.717) is 5.82 Å². The van der Waals surface area contributed by atoms with E-state index in [4.69, 9.17) is 5.73 Å². The Labute approximate surface area is 51.0 Å². The van der Waals surface area contributed by atoms with E-state index in [1.54, 1.807) is 0 Å². The van der Waals surface area contributed by atoms with Gasteiger partial charge in [-0.3, -0.25) is 0 Å². The van der Waals surface area contributed by atoms with Crippen LogP contribution >= 0.6 is 0 Å². The highest BCUT2D eigenvalue weighted by atomic mass is 15.2. The van der Waals surface area contributed by atoms with Crippen molar-refractivity contribution in [2.24, 2.45) is 5.73 Å². The topological polar surface area (TPSA) is 29.3 Å². The number of hydrogen-bond acceptors (Lipinski definition) is 2. The third kappa shape index (κ3) is 1.87. The highest BCUT2D eigenvalue weighted by Gasteiger charge is 1.93. The fourth-order valence-corrected chi connectivity index (χ4v) is 0.630. The molecule has 0 unspecified atom stereocenters. The lowest BCUT2D eigenvalue weighted by Crippen LogP contribution is -2.26. The molecule has 0 aromatic heterocycles. The summed E-state index contributed by atoms with van der Waals surface area (Å²) in [6, 6.07) is 0. The Bertz CT molecular complexity index is 74.6. The predicted octanol–water partition coefficient (Wildman–Crippen LogP) is 0.758. The van der Waals surface area contributed by atoms with Crippen LogP contribution in [0, 0.1) is 0 Å². The third-order valence-corrected chi connectivity index (χ3v) is 1.17. The molecule has 0 amide bonds. The van der Waals surface area contributed by atoms with Crippen molar-refractivity contribution in [1.82, 2.24) is 4.90 Å². The zero-order chi connectivity index (χ0) is 6.57. The third-order valence-electron chi connectivity index (χ3n) is 1.17. The maximum Gasteiger partial charge on any atom is 0.0912 e. The fourth-order valence-electron chi connectivity index (χ4n) is 0.630. The van der Waals surface area contributed by atoms with Crippen LogP contribution in [0.3, 0.4) is 0 Å². The lowest BCUT2D eigenvalue weighted by Gasteiger charge is -2.18. The molecule has 8 heavy (non-hydrogen) atoms. The highest BCUT2D eigenvalue weighted by molar-refractivity contribution is 4.84. The van der Waals surface area contributed by atoms with Gasteiger partial charge in [0.1, 0.15) is 0 Å². The van der Waals surface area contributed by atoms with Crippen LogP contribution in [0.15, 0.2) is 12.4 Å². The van der Waals surface area contributed by atoms with Crippen LogP contribution in [-0.4, -0.2) is 18.0 Å². The van der Waals surface area contributed by atoms with Crippen molar-refractivity contribution in [2.75, 3.05) is 13.1 Å². The van der Waals surface area contributed by atoms with Gasteiger partial charge < -0.3 is 10.6 Å². The van der Waals surface area contributed by atoms with Gasteiger partial charge in [-0.05, 0) is 13.8 Å². The molecule has 2 heteroatoms. The monoisotopic (exact) mass is 114 g/mol. The fraction of sp³-hybridized carbons (Fsp3) is 0.667. The molecule has 0 bridgehead atoms. The minimum atomic E-state index is 0.662.